The largest absolute Gasteiger partial charge is 0.417 e. The van der Waals surface area contributed by atoms with Gasteiger partial charge in [0.1, 0.15) is 0 Å². The number of hydrogen-bond donors (Lipinski definition) is 2. The van der Waals surface area contributed by atoms with Crippen molar-refractivity contribution in [2.45, 2.75) is 24.9 Å². The van der Waals surface area contributed by atoms with Gasteiger partial charge in [-0.3, -0.25) is 9.82 Å². The predicted molar refractivity (Wildman–Crippen MR) is 70.3 cm³/mol. The molecule has 0 aliphatic heterocycles. The lowest BCUT2D eigenvalue weighted by Crippen LogP contribution is -2.19. The van der Waals surface area contributed by atoms with Crippen molar-refractivity contribution < 1.29 is 21.6 Å². The van der Waals surface area contributed by atoms with Crippen LogP contribution in [0.5, 0.6) is 0 Å². The lowest BCUT2D eigenvalue weighted by molar-refractivity contribution is -0.139. The van der Waals surface area contributed by atoms with E-state index in [1.165, 1.54) is 13.0 Å². The normalized spacial score (nSPS) is 12.4. The molecule has 2 rings (SSSR count). The first-order valence-corrected chi connectivity index (χ1v) is 7.32. The third kappa shape index (κ3) is 3.02. The maximum Gasteiger partial charge on any atom is 0.417 e. The van der Waals surface area contributed by atoms with Crippen molar-refractivity contribution in [2.75, 3.05) is 4.72 Å². The number of benzene rings is 1. The van der Waals surface area contributed by atoms with Gasteiger partial charge >= 0.3 is 6.18 Å². The zero-order chi connectivity index (χ0) is 15.8. The molecule has 114 valence electrons. The summed E-state index contributed by atoms with van der Waals surface area (Å²) in [7, 11) is -4.37. The summed E-state index contributed by atoms with van der Waals surface area (Å²) in [6.07, 6.45) is -4.76. The number of rotatable bonds is 3. The predicted octanol–water partition coefficient (Wildman–Crippen LogP) is 2.85. The molecule has 1 aromatic heterocycles. The number of H-pyrrole nitrogens is 1. The summed E-state index contributed by atoms with van der Waals surface area (Å²) >= 11 is 0. The van der Waals surface area contributed by atoms with Gasteiger partial charge in [-0.15, -0.1) is 0 Å². The Hall–Kier alpha value is -2.03. The lowest BCUT2D eigenvalue weighted by Gasteiger charge is -2.14. The number of sulfonamides is 1. The van der Waals surface area contributed by atoms with Crippen LogP contribution in [0.4, 0.5) is 18.9 Å². The van der Waals surface area contributed by atoms with Crippen LogP contribution in [0.25, 0.3) is 0 Å². The van der Waals surface area contributed by atoms with Gasteiger partial charge in [-0.2, -0.15) is 18.3 Å². The third-order valence-electron chi connectivity index (χ3n) is 2.85. The van der Waals surface area contributed by atoms with Crippen molar-refractivity contribution in [3.63, 3.8) is 0 Å². The zero-order valence-corrected chi connectivity index (χ0v) is 11.9. The van der Waals surface area contributed by atoms with Crippen LogP contribution in [0.15, 0.2) is 29.2 Å². The first kappa shape index (κ1) is 15.4. The van der Waals surface area contributed by atoms with E-state index in [1.807, 2.05) is 0 Å². The summed E-state index contributed by atoms with van der Waals surface area (Å²) in [6.45, 7) is 3.10. The van der Waals surface area contributed by atoms with Crippen molar-refractivity contribution in [2.24, 2.45) is 0 Å². The fraction of sp³-hybridized carbons (Fsp3) is 0.250. The van der Waals surface area contributed by atoms with Gasteiger partial charge < -0.3 is 0 Å². The number of alkyl halides is 3. The number of halogens is 3. The van der Waals surface area contributed by atoms with Crippen LogP contribution in [0, 0.1) is 13.8 Å². The molecule has 1 heterocycles. The molecule has 2 aromatic rings. The average molecular weight is 319 g/mol. The molecular weight excluding hydrogens is 307 g/mol. The molecule has 0 atom stereocenters. The van der Waals surface area contributed by atoms with Crippen LogP contribution < -0.4 is 4.72 Å². The summed E-state index contributed by atoms with van der Waals surface area (Å²) in [5.41, 5.74) is -0.301. The standard InChI is InChI=1S/C12H12F3N3O2S/c1-7-11(8(2)17-16-7)18-21(19,20)10-6-4-3-5-9(10)12(13,14)15/h3-6,18H,1-2H3,(H,16,17). The smallest absolute Gasteiger partial charge is 0.280 e. The minimum absolute atomic E-state index is 0.145. The van der Waals surface area contributed by atoms with Crippen LogP contribution in [0.1, 0.15) is 17.0 Å². The van der Waals surface area contributed by atoms with Gasteiger partial charge in [0.2, 0.25) is 0 Å². The van der Waals surface area contributed by atoms with Crippen LogP contribution in [0.3, 0.4) is 0 Å². The van der Waals surface area contributed by atoms with Crippen molar-refractivity contribution >= 4 is 15.7 Å². The number of nitrogens with zero attached hydrogens (tertiary/aromatic N) is 1. The van der Waals surface area contributed by atoms with Crippen molar-refractivity contribution in [1.29, 1.82) is 0 Å². The number of anilines is 1. The van der Waals surface area contributed by atoms with Crippen molar-refractivity contribution in [1.82, 2.24) is 10.2 Å². The monoisotopic (exact) mass is 319 g/mol. The molecule has 0 aliphatic rings. The third-order valence-corrected chi connectivity index (χ3v) is 4.25. The Morgan fingerprint density at radius 2 is 1.81 bits per heavy atom. The van der Waals surface area contributed by atoms with E-state index in [1.54, 1.807) is 6.92 Å². The van der Waals surface area contributed by atoms with Gasteiger partial charge in [-0.05, 0) is 26.0 Å². The molecule has 1 aromatic carbocycles. The molecule has 0 fully saturated rings. The molecule has 2 N–H and O–H groups in total. The van der Waals surface area contributed by atoms with Crippen molar-refractivity contribution in [3.8, 4) is 0 Å². The van der Waals surface area contributed by atoms with Crippen LogP contribution in [-0.4, -0.2) is 18.6 Å². The summed E-state index contributed by atoms with van der Waals surface area (Å²) in [5.74, 6) is 0. The number of aromatic amines is 1. The van der Waals surface area contributed by atoms with E-state index < -0.39 is 26.7 Å². The molecule has 0 amide bonds. The van der Waals surface area contributed by atoms with Gasteiger partial charge in [0.15, 0.2) is 0 Å². The van der Waals surface area contributed by atoms with E-state index in [-0.39, 0.29) is 5.69 Å². The number of aryl methyl sites for hydroxylation is 2. The van der Waals surface area contributed by atoms with Crippen LogP contribution >= 0.6 is 0 Å². The Balaban J connectivity index is 2.51. The van der Waals surface area contributed by atoms with E-state index in [2.05, 4.69) is 14.9 Å². The van der Waals surface area contributed by atoms with E-state index in [9.17, 15) is 21.6 Å². The second-order valence-electron chi connectivity index (χ2n) is 4.41. The molecule has 0 radical (unpaired) electrons. The molecular formula is C12H12F3N3O2S. The van der Waals surface area contributed by atoms with Crippen LogP contribution in [0.2, 0.25) is 0 Å². The minimum Gasteiger partial charge on any atom is -0.280 e. The molecule has 9 heteroatoms. The Kier molecular flexibility index (Phi) is 3.70. The second-order valence-corrected chi connectivity index (χ2v) is 6.06. The van der Waals surface area contributed by atoms with E-state index in [0.717, 1.165) is 18.2 Å². The van der Waals surface area contributed by atoms with Crippen molar-refractivity contribution in [3.05, 3.63) is 41.2 Å². The molecule has 0 saturated heterocycles. The summed E-state index contributed by atoms with van der Waals surface area (Å²) in [4.78, 5) is -0.822. The molecule has 21 heavy (non-hydrogen) atoms. The molecule has 5 nitrogen and oxygen atoms in total. The Morgan fingerprint density at radius 3 is 2.33 bits per heavy atom. The molecule has 0 bridgehead atoms. The molecule has 0 aliphatic carbocycles. The maximum atomic E-state index is 12.9. The topological polar surface area (TPSA) is 74.8 Å². The van der Waals surface area contributed by atoms with E-state index in [4.69, 9.17) is 0 Å². The molecule has 0 spiro atoms. The van der Waals surface area contributed by atoms with Gasteiger partial charge in [-0.25, -0.2) is 8.42 Å². The quantitative estimate of drug-likeness (QED) is 0.913. The average Bonchev–Trinajstić information content (AvgIpc) is 2.69. The van der Waals surface area contributed by atoms with Gasteiger partial charge in [0, 0.05) is 0 Å². The highest BCUT2D eigenvalue weighted by atomic mass is 32.2. The lowest BCUT2D eigenvalue weighted by atomic mass is 10.2. The number of aromatic nitrogens is 2. The first-order valence-electron chi connectivity index (χ1n) is 5.83. The second kappa shape index (κ2) is 5.06. The highest BCUT2D eigenvalue weighted by Gasteiger charge is 2.37. The zero-order valence-electron chi connectivity index (χ0n) is 11.1. The fourth-order valence-electron chi connectivity index (χ4n) is 1.83. The highest BCUT2D eigenvalue weighted by molar-refractivity contribution is 7.92. The SMILES string of the molecule is Cc1n[nH]c(C)c1NS(=O)(=O)c1ccccc1C(F)(F)F. The summed E-state index contributed by atoms with van der Waals surface area (Å²) in [5, 5.41) is 6.35. The van der Waals surface area contributed by atoms with Crippen LogP contribution in [-0.2, 0) is 16.2 Å². The van der Waals surface area contributed by atoms with E-state index in [0.29, 0.717) is 11.4 Å². The summed E-state index contributed by atoms with van der Waals surface area (Å²) < 4.78 is 65.3. The van der Waals surface area contributed by atoms with Gasteiger partial charge in [0.05, 0.1) is 27.5 Å². The summed E-state index contributed by atoms with van der Waals surface area (Å²) in [6, 6.07) is 4.01. The number of nitrogens with one attached hydrogen (secondary N) is 2. The van der Waals surface area contributed by atoms with Gasteiger partial charge in [0.25, 0.3) is 10.0 Å². The highest BCUT2D eigenvalue weighted by Crippen LogP contribution is 2.34. The molecule has 0 saturated carbocycles. The first-order chi connectivity index (χ1) is 9.63. The number of hydrogen-bond acceptors (Lipinski definition) is 3. The molecule has 0 unspecified atom stereocenters. The fourth-order valence-corrected chi connectivity index (χ4v) is 3.24. The Morgan fingerprint density at radius 1 is 1.19 bits per heavy atom. The Labute approximate surface area is 119 Å². The maximum absolute atomic E-state index is 12.9. The minimum atomic E-state index is -4.76. The van der Waals surface area contributed by atoms with E-state index >= 15 is 0 Å². The Bertz CT molecular complexity index is 747. The van der Waals surface area contributed by atoms with Gasteiger partial charge in [-0.1, -0.05) is 12.1 Å².